The molecule has 1 amide bonds. The molecule has 1 heterocycles. The molecule has 2 aromatic rings. The first-order valence-electron chi connectivity index (χ1n) is 6.52. The van der Waals surface area contributed by atoms with Crippen molar-refractivity contribution in [1.29, 1.82) is 0 Å². The van der Waals surface area contributed by atoms with E-state index in [1.165, 1.54) is 14.2 Å². The van der Waals surface area contributed by atoms with Crippen molar-refractivity contribution in [3.05, 3.63) is 35.1 Å². The predicted octanol–water partition coefficient (Wildman–Crippen LogP) is 1.80. The number of anilines is 1. The highest BCUT2D eigenvalue weighted by Gasteiger charge is 2.20. The summed E-state index contributed by atoms with van der Waals surface area (Å²) < 4.78 is 33.3. The van der Waals surface area contributed by atoms with Crippen LogP contribution in [0.3, 0.4) is 0 Å². The Kier molecular flexibility index (Phi) is 5.25. The Hall–Kier alpha value is -2.39. The molecule has 0 aliphatic rings. The Balaban J connectivity index is 2.37. The maximum absolute atomic E-state index is 12.4. The maximum atomic E-state index is 12.4. The van der Waals surface area contributed by atoms with Gasteiger partial charge >= 0.3 is 0 Å². The quantitative estimate of drug-likeness (QED) is 0.798. The van der Waals surface area contributed by atoms with E-state index in [-0.39, 0.29) is 10.7 Å². The largest absolute Gasteiger partial charge is 0.497 e. The van der Waals surface area contributed by atoms with Gasteiger partial charge < -0.3 is 14.8 Å². The molecule has 24 heavy (non-hydrogen) atoms. The highest BCUT2D eigenvalue weighted by molar-refractivity contribution is 7.90. The molecule has 0 atom stereocenters. The van der Waals surface area contributed by atoms with Gasteiger partial charge in [0.1, 0.15) is 11.5 Å². The van der Waals surface area contributed by atoms with Gasteiger partial charge in [-0.25, -0.2) is 18.4 Å². The molecule has 0 spiro atoms. The Bertz CT molecular complexity index is 886. The van der Waals surface area contributed by atoms with E-state index >= 15 is 0 Å². The number of ether oxygens (including phenoxy) is 2. The van der Waals surface area contributed by atoms with E-state index in [0.29, 0.717) is 17.2 Å². The third-order valence-electron chi connectivity index (χ3n) is 2.93. The number of rotatable bonds is 5. The monoisotopic (exact) mass is 371 g/mol. The fourth-order valence-corrected chi connectivity index (χ4v) is 2.45. The number of halogens is 1. The van der Waals surface area contributed by atoms with Crippen LogP contribution in [0.15, 0.2) is 29.6 Å². The molecule has 1 N–H and O–H groups in total. The second-order valence-electron chi connectivity index (χ2n) is 4.64. The minimum Gasteiger partial charge on any atom is -0.497 e. The lowest BCUT2D eigenvalue weighted by atomic mass is 10.2. The van der Waals surface area contributed by atoms with Crippen LogP contribution in [-0.4, -0.2) is 44.8 Å². The molecule has 0 radical (unpaired) electrons. The average Bonchev–Trinajstić information content (AvgIpc) is 2.54. The van der Waals surface area contributed by atoms with Crippen LogP contribution in [0.25, 0.3) is 0 Å². The molecule has 10 heteroatoms. The topological polar surface area (TPSA) is 107 Å². The highest BCUT2D eigenvalue weighted by atomic mass is 35.5. The summed E-state index contributed by atoms with van der Waals surface area (Å²) in [5.74, 6) is 0.205. The zero-order chi connectivity index (χ0) is 17.9. The smallest absolute Gasteiger partial charge is 0.276 e. The molecule has 0 aliphatic heterocycles. The molecule has 0 aliphatic carbocycles. The number of hydrogen-bond acceptors (Lipinski definition) is 7. The van der Waals surface area contributed by atoms with Crippen molar-refractivity contribution in [2.24, 2.45) is 0 Å². The normalized spacial score (nSPS) is 11.0. The van der Waals surface area contributed by atoms with Crippen LogP contribution in [0.1, 0.15) is 10.5 Å². The van der Waals surface area contributed by atoms with E-state index in [1.807, 2.05) is 0 Å². The molecule has 1 aromatic heterocycles. The molecule has 0 saturated carbocycles. The molecule has 0 unspecified atom stereocenters. The number of aromatic nitrogens is 2. The van der Waals surface area contributed by atoms with E-state index in [9.17, 15) is 13.2 Å². The Morgan fingerprint density at radius 3 is 2.54 bits per heavy atom. The van der Waals surface area contributed by atoms with E-state index in [2.05, 4.69) is 15.3 Å². The van der Waals surface area contributed by atoms with E-state index in [1.54, 1.807) is 18.2 Å². The van der Waals surface area contributed by atoms with Gasteiger partial charge in [-0.15, -0.1) is 0 Å². The second-order valence-corrected chi connectivity index (χ2v) is 6.96. The Morgan fingerprint density at radius 1 is 1.25 bits per heavy atom. The highest BCUT2D eigenvalue weighted by Crippen LogP contribution is 2.29. The molecular formula is C14H14ClN3O5S. The molecule has 128 valence electrons. The lowest BCUT2D eigenvalue weighted by Crippen LogP contribution is -2.17. The summed E-state index contributed by atoms with van der Waals surface area (Å²) >= 11 is 5.90. The molecule has 0 saturated heterocycles. The van der Waals surface area contributed by atoms with Gasteiger partial charge in [-0.2, -0.15) is 0 Å². The van der Waals surface area contributed by atoms with Crippen LogP contribution < -0.4 is 14.8 Å². The standard InChI is InChI=1S/C14H14ClN3O5S/c1-22-8-4-5-10(11(6-8)23-2)17-13(19)12-9(15)7-16-14(18-12)24(3,20)21/h4-7H,1-3H3,(H,17,19). The first kappa shape index (κ1) is 18.0. The fourth-order valence-electron chi connectivity index (χ4n) is 1.77. The van der Waals surface area contributed by atoms with Gasteiger partial charge in [-0.3, -0.25) is 4.79 Å². The first-order chi connectivity index (χ1) is 11.3. The molecule has 0 fully saturated rings. The molecule has 2 rings (SSSR count). The number of carbonyl (C=O) groups excluding carboxylic acids is 1. The zero-order valence-corrected chi connectivity index (χ0v) is 14.6. The summed E-state index contributed by atoms with van der Waals surface area (Å²) in [7, 11) is -0.738. The van der Waals surface area contributed by atoms with Crippen molar-refractivity contribution in [3.63, 3.8) is 0 Å². The van der Waals surface area contributed by atoms with Gasteiger partial charge in [0, 0.05) is 12.3 Å². The summed E-state index contributed by atoms with van der Waals surface area (Å²) in [6.45, 7) is 0. The summed E-state index contributed by atoms with van der Waals surface area (Å²) in [5, 5.41) is 2.00. The van der Waals surface area contributed by atoms with Gasteiger partial charge in [0.2, 0.25) is 15.0 Å². The molecule has 8 nitrogen and oxygen atoms in total. The van der Waals surface area contributed by atoms with Crippen LogP contribution in [-0.2, 0) is 9.84 Å². The lowest BCUT2D eigenvalue weighted by Gasteiger charge is -2.12. The third-order valence-corrected chi connectivity index (χ3v) is 4.06. The van der Waals surface area contributed by atoms with Crippen LogP contribution in [0.2, 0.25) is 5.02 Å². The number of carbonyl (C=O) groups is 1. The SMILES string of the molecule is COc1ccc(NC(=O)c2nc(S(C)(=O)=O)ncc2Cl)c(OC)c1. The van der Waals surface area contributed by atoms with Crippen molar-refractivity contribution >= 4 is 33.0 Å². The maximum Gasteiger partial charge on any atom is 0.276 e. The van der Waals surface area contributed by atoms with Crippen molar-refractivity contribution in [2.75, 3.05) is 25.8 Å². The minimum absolute atomic E-state index is 0.0765. The van der Waals surface area contributed by atoms with Crippen LogP contribution in [0, 0.1) is 0 Å². The average molecular weight is 372 g/mol. The van der Waals surface area contributed by atoms with E-state index in [4.69, 9.17) is 21.1 Å². The van der Waals surface area contributed by atoms with Gasteiger partial charge in [0.05, 0.1) is 31.1 Å². The lowest BCUT2D eigenvalue weighted by molar-refractivity contribution is 0.102. The Labute approximate surface area is 143 Å². The van der Waals surface area contributed by atoms with Gasteiger partial charge in [-0.1, -0.05) is 11.6 Å². The van der Waals surface area contributed by atoms with Crippen molar-refractivity contribution in [3.8, 4) is 11.5 Å². The van der Waals surface area contributed by atoms with Crippen molar-refractivity contribution < 1.29 is 22.7 Å². The van der Waals surface area contributed by atoms with Gasteiger partial charge in [0.15, 0.2) is 5.69 Å². The van der Waals surface area contributed by atoms with Crippen molar-refractivity contribution in [1.82, 2.24) is 9.97 Å². The van der Waals surface area contributed by atoms with Gasteiger partial charge in [0.25, 0.3) is 5.91 Å². The second kappa shape index (κ2) is 7.02. The van der Waals surface area contributed by atoms with Crippen LogP contribution in [0.5, 0.6) is 11.5 Å². The number of amides is 1. The minimum atomic E-state index is -3.67. The molecule has 1 aromatic carbocycles. The third kappa shape index (κ3) is 3.92. The van der Waals surface area contributed by atoms with Crippen LogP contribution >= 0.6 is 11.6 Å². The number of nitrogens with zero attached hydrogens (tertiary/aromatic N) is 2. The van der Waals surface area contributed by atoms with E-state index in [0.717, 1.165) is 12.5 Å². The summed E-state index contributed by atoms with van der Waals surface area (Å²) in [4.78, 5) is 19.7. The Morgan fingerprint density at radius 2 is 1.96 bits per heavy atom. The fraction of sp³-hybridized carbons (Fsp3) is 0.214. The van der Waals surface area contributed by atoms with Crippen molar-refractivity contribution in [2.45, 2.75) is 5.16 Å². The van der Waals surface area contributed by atoms with Gasteiger partial charge in [-0.05, 0) is 12.1 Å². The summed E-state index contributed by atoms with van der Waals surface area (Å²) in [5.41, 5.74) is 0.0869. The number of sulfone groups is 1. The summed E-state index contributed by atoms with van der Waals surface area (Å²) in [6.07, 6.45) is 2.00. The number of benzene rings is 1. The summed E-state index contributed by atoms with van der Waals surface area (Å²) in [6, 6.07) is 4.78. The number of methoxy groups -OCH3 is 2. The number of nitrogens with one attached hydrogen (secondary N) is 1. The first-order valence-corrected chi connectivity index (χ1v) is 8.79. The molecular weight excluding hydrogens is 358 g/mol. The predicted molar refractivity (Wildman–Crippen MR) is 87.7 cm³/mol. The zero-order valence-electron chi connectivity index (χ0n) is 13.0. The van der Waals surface area contributed by atoms with Crippen LogP contribution in [0.4, 0.5) is 5.69 Å². The van der Waals surface area contributed by atoms with E-state index < -0.39 is 20.9 Å². The number of hydrogen-bond donors (Lipinski definition) is 1. The molecule has 0 bridgehead atoms.